The summed E-state index contributed by atoms with van der Waals surface area (Å²) >= 11 is 6.02. The summed E-state index contributed by atoms with van der Waals surface area (Å²) in [6.45, 7) is 7.68. The summed E-state index contributed by atoms with van der Waals surface area (Å²) < 4.78 is 34.8. The van der Waals surface area contributed by atoms with Gasteiger partial charge in [-0.15, -0.1) is 0 Å². The fourth-order valence-electron chi connectivity index (χ4n) is 4.29. The van der Waals surface area contributed by atoms with Crippen molar-refractivity contribution in [2.45, 2.75) is 51.6 Å². The van der Waals surface area contributed by atoms with Gasteiger partial charge >= 0.3 is 0 Å². The van der Waals surface area contributed by atoms with E-state index in [1.807, 2.05) is 45.0 Å². The average molecular weight is 586 g/mol. The van der Waals surface area contributed by atoms with Gasteiger partial charge in [0.15, 0.2) is 0 Å². The highest BCUT2D eigenvalue weighted by Gasteiger charge is 2.34. The van der Waals surface area contributed by atoms with Crippen LogP contribution in [0, 0.1) is 6.92 Å². The molecule has 10 heteroatoms. The maximum absolute atomic E-state index is 14.1. The quantitative estimate of drug-likeness (QED) is 0.298. The van der Waals surface area contributed by atoms with E-state index in [4.69, 9.17) is 16.3 Å². The smallest absolute Gasteiger partial charge is 0.264 e. The van der Waals surface area contributed by atoms with Crippen molar-refractivity contribution < 1.29 is 22.7 Å². The second-order valence-electron chi connectivity index (χ2n) is 9.19. The standard InChI is InChI=1S/C30H36ClN3O5S/c1-5-26(30(36)32-6-2)33(20-23-14-12-22(4)13-15-23)29(35)21-34(27-10-8-9-11-28(27)39-7-3)40(37,38)25-18-16-24(31)17-19-25/h8-19,26H,5-7,20-21H2,1-4H3,(H,32,36). The molecule has 3 aromatic rings. The molecule has 214 valence electrons. The zero-order valence-corrected chi connectivity index (χ0v) is 24.8. The molecule has 0 fully saturated rings. The second kappa shape index (κ2) is 14.2. The van der Waals surface area contributed by atoms with Crippen molar-refractivity contribution in [1.29, 1.82) is 0 Å². The molecule has 0 aliphatic heterocycles. The molecule has 0 aromatic heterocycles. The summed E-state index contributed by atoms with van der Waals surface area (Å²) in [5.74, 6) is -0.508. The molecule has 0 aliphatic rings. The van der Waals surface area contributed by atoms with Crippen LogP contribution >= 0.6 is 11.6 Å². The van der Waals surface area contributed by atoms with Crippen molar-refractivity contribution in [3.8, 4) is 5.75 Å². The predicted molar refractivity (Wildman–Crippen MR) is 158 cm³/mol. The third kappa shape index (κ3) is 7.55. The molecule has 3 rings (SSSR count). The molecule has 40 heavy (non-hydrogen) atoms. The first-order valence-corrected chi connectivity index (χ1v) is 15.1. The van der Waals surface area contributed by atoms with Crippen LogP contribution in [-0.4, -0.2) is 50.9 Å². The Kier molecular flexibility index (Phi) is 11.0. The maximum atomic E-state index is 14.1. The fourth-order valence-corrected chi connectivity index (χ4v) is 5.84. The molecule has 0 bridgehead atoms. The van der Waals surface area contributed by atoms with Crippen LogP contribution in [0.25, 0.3) is 0 Å². The number of likely N-dealkylation sites (N-methyl/N-ethyl adjacent to an activating group) is 1. The van der Waals surface area contributed by atoms with E-state index in [0.717, 1.165) is 15.4 Å². The van der Waals surface area contributed by atoms with Crippen LogP contribution in [0.2, 0.25) is 5.02 Å². The number of amides is 2. The molecule has 0 aliphatic carbocycles. The number of hydrogen-bond donors (Lipinski definition) is 1. The molecule has 0 saturated heterocycles. The number of rotatable bonds is 13. The molecule has 8 nitrogen and oxygen atoms in total. The molecule has 1 atom stereocenters. The number of halogens is 1. The monoisotopic (exact) mass is 585 g/mol. The predicted octanol–water partition coefficient (Wildman–Crippen LogP) is 5.19. The van der Waals surface area contributed by atoms with Crippen molar-refractivity contribution >= 4 is 39.1 Å². The minimum atomic E-state index is -4.24. The van der Waals surface area contributed by atoms with Crippen molar-refractivity contribution in [1.82, 2.24) is 10.2 Å². The highest BCUT2D eigenvalue weighted by atomic mass is 35.5. The van der Waals surface area contributed by atoms with Gasteiger partial charge in [-0.2, -0.15) is 0 Å². The number of hydrogen-bond acceptors (Lipinski definition) is 5. The minimum Gasteiger partial charge on any atom is -0.492 e. The van der Waals surface area contributed by atoms with Crippen LogP contribution in [0.3, 0.4) is 0 Å². The number of nitrogens with one attached hydrogen (secondary N) is 1. The minimum absolute atomic E-state index is 0.0307. The number of benzene rings is 3. The van der Waals surface area contributed by atoms with Gasteiger partial charge in [-0.1, -0.05) is 60.5 Å². The number of ether oxygens (including phenoxy) is 1. The molecule has 1 N–H and O–H groups in total. The summed E-state index contributed by atoms with van der Waals surface area (Å²) in [6.07, 6.45) is 0.350. The van der Waals surface area contributed by atoms with E-state index in [1.165, 1.54) is 29.2 Å². The number of para-hydroxylation sites is 2. The highest BCUT2D eigenvalue weighted by molar-refractivity contribution is 7.92. The van der Waals surface area contributed by atoms with Gasteiger partial charge in [0.2, 0.25) is 11.8 Å². The van der Waals surface area contributed by atoms with Crippen LogP contribution < -0.4 is 14.4 Å². The van der Waals surface area contributed by atoms with Gasteiger partial charge in [-0.3, -0.25) is 13.9 Å². The molecular formula is C30H36ClN3O5S. The second-order valence-corrected chi connectivity index (χ2v) is 11.5. The third-order valence-electron chi connectivity index (χ3n) is 6.32. The Morgan fingerprint density at radius 1 is 0.950 bits per heavy atom. The Balaban J connectivity index is 2.10. The number of carbonyl (C=O) groups excluding carboxylic acids is 2. The van der Waals surface area contributed by atoms with E-state index in [0.29, 0.717) is 30.3 Å². The Bertz CT molecular complexity index is 1400. The molecule has 0 spiro atoms. The lowest BCUT2D eigenvalue weighted by Crippen LogP contribution is -2.52. The van der Waals surface area contributed by atoms with Gasteiger partial charge in [0.25, 0.3) is 10.0 Å². The molecule has 2 amide bonds. The Morgan fingerprint density at radius 3 is 2.20 bits per heavy atom. The van der Waals surface area contributed by atoms with E-state index >= 15 is 0 Å². The summed E-state index contributed by atoms with van der Waals surface area (Å²) in [7, 11) is -4.24. The van der Waals surface area contributed by atoms with E-state index in [-0.39, 0.29) is 23.0 Å². The van der Waals surface area contributed by atoms with Crippen LogP contribution in [0.1, 0.15) is 38.3 Å². The lowest BCUT2D eigenvalue weighted by molar-refractivity contribution is -0.140. The first-order chi connectivity index (χ1) is 19.1. The molecule has 0 saturated carbocycles. The summed E-state index contributed by atoms with van der Waals surface area (Å²) in [5, 5.41) is 3.18. The van der Waals surface area contributed by atoms with Crippen LogP contribution in [0.5, 0.6) is 5.75 Å². The zero-order chi connectivity index (χ0) is 29.3. The van der Waals surface area contributed by atoms with Crippen LogP contribution in [-0.2, 0) is 26.2 Å². The van der Waals surface area contributed by atoms with Crippen LogP contribution in [0.15, 0.2) is 77.7 Å². The summed E-state index contributed by atoms with van der Waals surface area (Å²) in [6, 6.07) is 19.3. The highest BCUT2D eigenvalue weighted by Crippen LogP contribution is 2.33. The fraction of sp³-hybridized carbons (Fsp3) is 0.333. The largest absolute Gasteiger partial charge is 0.492 e. The summed E-state index contributed by atoms with van der Waals surface area (Å²) in [5.41, 5.74) is 2.10. The number of aryl methyl sites for hydroxylation is 1. The van der Waals surface area contributed by atoms with E-state index < -0.39 is 28.5 Å². The number of carbonyl (C=O) groups is 2. The van der Waals surface area contributed by atoms with Gasteiger partial charge in [0, 0.05) is 18.1 Å². The molecule has 1 unspecified atom stereocenters. The third-order valence-corrected chi connectivity index (χ3v) is 8.35. The first kappa shape index (κ1) is 31.0. The van der Waals surface area contributed by atoms with E-state index in [1.54, 1.807) is 31.2 Å². The Labute approximate surface area is 241 Å². The van der Waals surface area contributed by atoms with Gasteiger partial charge in [0.1, 0.15) is 18.3 Å². The Hall–Kier alpha value is -3.56. The molecule has 0 heterocycles. The lowest BCUT2D eigenvalue weighted by Gasteiger charge is -2.33. The zero-order valence-electron chi connectivity index (χ0n) is 23.3. The van der Waals surface area contributed by atoms with E-state index in [2.05, 4.69) is 5.32 Å². The maximum Gasteiger partial charge on any atom is 0.264 e. The summed E-state index contributed by atoms with van der Waals surface area (Å²) in [4.78, 5) is 28.5. The molecule has 0 radical (unpaired) electrons. The molecule has 3 aromatic carbocycles. The number of sulfonamides is 1. The van der Waals surface area contributed by atoms with Crippen molar-refractivity contribution in [3.63, 3.8) is 0 Å². The average Bonchev–Trinajstić information content (AvgIpc) is 2.93. The van der Waals surface area contributed by atoms with Crippen molar-refractivity contribution in [2.75, 3.05) is 24.0 Å². The van der Waals surface area contributed by atoms with Gasteiger partial charge in [0.05, 0.1) is 17.2 Å². The van der Waals surface area contributed by atoms with Gasteiger partial charge in [-0.25, -0.2) is 8.42 Å². The topological polar surface area (TPSA) is 96.0 Å². The first-order valence-electron chi connectivity index (χ1n) is 13.2. The van der Waals surface area contributed by atoms with E-state index in [9.17, 15) is 18.0 Å². The van der Waals surface area contributed by atoms with Crippen molar-refractivity contribution in [3.05, 3.63) is 88.9 Å². The SMILES string of the molecule is CCNC(=O)C(CC)N(Cc1ccc(C)cc1)C(=O)CN(c1ccccc1OCC)S(=O)(=O)c1ccc(Cl)cc1. The van der Waals surface area contributed by atoms with Crippen molar-refractivity contribution in [2.24, 2.45) is 0 Å². The van der Waals surface area contributed by atoms with Crippen LogP contribution in [0.4, 0.5) is 5.69 Å². The lowest BCUT2D eigenvalue weighted by atomic mass is 10.1. The number of anilines is 1. The normalized spacial score (nSPS) is 11.9. The van der Waals surface area contributed by atoms with Gasteiger partial charge < -0.3 is 15.0 Å². The number of nitrogens with zero attached hydrogens (tertiary/aromatic N) is 2. The molecular weight excluding hydrogens is 550 g/mol. The van der Waals surface area contributed by atoms with Gasteiger partial charge in [-0.05, 0) is 69.2 Å². The Morgan fingerprint density at radius 2 is 1.60 bits per heavy atom.